The maximum absolute atomic E-state index is 6.06. The Labute approximate surface area is 111 Å². The Morgan fingerprint density at radius 3 is 2.33 bits per heavy atom. The quantitative estimate of drug-likeness (QED) is 0.799. The van der Waals surface area contributed by atoms with Gasteiger partial charge in [-0.1, -0.05) is 45.0 Å². The van der Waals surface area contributed by atoms with Gasteiger partial charge in [0.05, 0.1) is 0 Å². The van der Waals surface area contributed by atoms with Crippen molar-refractivity contribution in [3.05, 3.63) is 35.4 Å². The Bertz CT molecular complexity index is 389. The van der Waals surface area contributed by atoms with Crippen LogP contribution in [0.2, 0.25) is 0 Å². The molecule has 18 heavy (non-hydrogen) atoms. The smallest absolute Gasteiger partial charge is 0.0171 e. The van der Waals surface area contributed by atoms with E-state index >= 15 is 0 Å². The first kappa shape index (κ1) is 13.6. The molecule has 0 radical (unpaired) electrons. The zero-order valence-corrected chi connectivity index (χ0v) is 12.0. The number of hydrogen-bond donors (Lipinski definition) is 2. The summed E-state index contributed by atoms with van der Waals surface area (Å²) in [7, 11) is 0. The minimum atomic E-state index is 0.228. The van der Waals surface area contributed by atoms with E-state index in [0.29, 0.717) is 12.0 Å². The van der Waals surface area contributed by atoms with Crippen LogP contribution in [0.1, 0.15) is 51.2 Å². The highest BCUT2D eigenvalue weighted by Crippen LogP contribution is 2.30. The molecule has 0 spiro atoms. The van der Waals surface area contributed by atoms with Crippen LogP contribution in [0.25, 0.3) is 0 Å². The van der Waals surface area contributed by atoms with Crippen LogP contribution in [-0.4, -0.2) is 18.6 Å². The molecule has 1 saturated heterocycles. The fourth-order valence-electron chi connectivity index (χ4n) is 2.75. The van der Waals surface area contributed by atoms with Gasteiger partial charge in [-0.15, -0.1) is 0 Å². The Kier molecular flexibility index (Phi) is 3.79. The van der Waals surface area contributed by atoms with Gasteiger partial charge in [0.15, 0.2) is 0 Å². The van der Waals surface area contributed by atoms with Crippen LogP contribution < -0.4 is 11.1 Å². The van der Waals surface area contributed by atoms with Crippen LogP contribution >= 0.6 is 0 Å². The third kappa shape index (κ3) is 2.93. The summed E-state index contributed by atoms with van der Waals surface area (Å²) in [5, 5.41) is 3.50. The van der Waals surface area contributed by atoms with E-state index in [0.717, 1.165) is 13.0 Å². The largest absolute Gasteiger partial charge is 0.327 e. The molecule has 1 aliphatic heterocycles. The van der Waals surface area contributed by atoms with Crippen molar-refractivity contribution in [1.82, 2.24) is 5.32 Å². The van der Waals surface area contributed by atoms with Crippen LogP contribution in [0.5, 0.6) is 0 Å². The fourth-order valence-corrected chi connectivity index (χ4v) is 2.75. The minimum absolute atomic E-state index is 0.228. The average molecular weight is 246 g/mol. The highest BCUT2D eigenvalue weighted by Gasteiger charge is 2.26. The van der Waals surface area contributed by atoms with Crippen molar-refractivity contribution >= 4 is 0 Å². The molecule has 3 N–H and O–H groups in total. The molecule has 1 fully saturated rings. The van der Waals surface area contributed by atoms with Gasteiger partial charge in [-0.3, -0.25) is 0 Å². The lowest BCUT2D eigenvalue weighted by Gasteiger charge is -2.34. The maximum Gasteiger partial charge on any atom is 0.0171 e. The predicted octanol–water partition coefficient (Wildman–Crippen LogP) is 2.78. The van der Waals surface area contributed by atoms with Crippen molar-refractivity contribution in [2.75, 3.05) is 6.54 Å². The molecule has 0 aliphatic carbocycles. The first-order valence-corrected chi connectivity index (χ1v) is 6.97. The zero-order valence-electron chi connectivity index (χ0n) is 12.0. The van der Waals surface area contributed by atoms with Crippen LogP contribution in [0.15, 0.2) is 24.3 Å². The van der Waals surface area contributed by atoms with E-state index < -0.39 is 0 Å². The van der Waals surface area contributed by atoms with Gasteiger partial charge < -0.3 is 11.1 Å². The Morgan fingerprint density at radius 1 is 1.17 bits per heavy atom. The van der Waals surface area contributed by atoms with Crippen molar-refractivity contribution in [1.29, 1.82) is 0 Å². The topological polar surface area (TPSA) is 38.0 Å². The molecule has 0 saturated carbocycles. The Balaban J connectivity index is 2.18. The number of hydrogen-bond acceptors (Lipinski definition) is 2. The van der Waals surface area contributed by atoms with E-state index in [1.165, 1.54) is 11.1 Å². The van der Waals surface area contributed by atoms with Crippen molar-refractivity contribution in [3.8, 4) is 0 Å². The van der Waals surface area contributed by atoms with Crippen molar-refractivity contribution in [2.45, 2.75) is 57.5 Å². The summed E-state index contributed by atoms with van der Waals surface area (Å²) in [6, 6.07) is 9.90. The minimum Gasteiger partial charge on any atom is -0.327 e. The summed E-state index contributed by atoms with van der Waals surface area (Å²) in [4.78, 5) is 0. The Hall–Kier alpha value is -0.860. The summed E-state index contributed by atoms with van der Waals surface area (Å²) in [6.07, 6.45) is 1.09. The molecular weight excluding hydrogens is 220 g/mol. The van der Waals surface area contributed by atoms with E-state index in [1.54, 1.807) is 0 Å². The third-order valence-electron chi connectivity index (χ3n) is 4.07. The summed E-state index contributed by atoms with van der Waals surface area (Å²) in [5.74, 6) is 0.544. The number of nitrogens with two attached hydrogens (primary N) is 1. The molecule has 0 bridgehead atoms. The molecule has 3 unspecified atom stereocenters. The number of nitrogens with one attached hydrogen (secondary N) is 1. The molecule has 2 rings (SSSR count). The molecule has 2 nitrogen and oxygen atoms in total. The van der Waals surface area contributed by atoms with E-state index in [-0.39, 0.29) is 11.5 Å². The second kappa shape index (κ2) is 5.02. The van der Waals surface area contributed by atoms with Crippen LogP contribution in [-0.2, 0) is 5.41 Å². The second-order valence-electron chi connectivity index (χ2n) is 6.67. The monoisotopic (exact) mass is 246 g/mol. The van der Waals surface area contributed by atoms with E-state index in [4.69, 9.17) is 5.73 Å². The van der Waals surface area contributed by atoms with Gasteiger partial charge in [0, 0.05) is 24.5 Å². The normalized spacial score (nSPS) is 29.3. The molecule has 0 amide bonds. The average Bonchev–Trinajstić information content (AvgIpc) is 2.31. The number of rotatable bonds is 1. The lowest BCUT2D eigenvalue weighted by atomic mass is 9.81. The van der Waals surface area contributed by atoms with Crippen molar-refractivity contribution < 1.29 is 0 Å². The molecular formula is C16H26N2. The lowest BCUT2D eigenvalue weighted by Crippen LogP contribution is -2.48. The highest BCUT2D eigenvalue weighted by molar-refractivity contribution is 5.30. The van der Waals surface area contributed by atoms with Gasteiger partial charge >= 0.3 is 0 Å². The second-order valence-corrected chi connectivity index (χ2v) is 6.67. The fraction of sp³-hybridized carbons (Fsp3) is 0.625. The SMILES string of the molecule is CC1NCC(N)CC1c1ccc(C(C)(C)C)cc1. The van der Waals surface area contributed by atoms with Crippen LogP contribution in [0.3, 0.4) is 0 Å². The molecule has 1 aromatic carbocycles. The molecule has 1 heterocycles. The molecule has 2 heteroatoms. The first-order chi connectivity index (χ1) is 8.38. The number of benzene rings is 1. The number of piperidine rings is 1. The van der Waals surface area contributed by atoms with E-state index in [9.17, 15) is 0 Å². The van der Waals surface area contributed by atoms with Gasteiger partial charge in [-0.2, -0.15) is 0 Å². The van der Waals surface area contributed by atoms with Crippen molar-refractivity contribution in [2.24, 2.45) is 5.73 Å². The van der Waals surface area contributed by atoms with Crippen LogP contribution in [0, 0.1) is 0 Å². The molecule has 0 aromatic heterocycles. The van der Waals surface area contributed by atoms with Gasteiger partial charge in [0.25, 0.3) is 0 Å². The maximum atomic E-state index is 6.06. The zero-order chi connectivity index (χ0) is 13.3. The third-order valence-corrected chi connectivity index (χ3v) is 4.07. The molecule has 1 aromatic rings. The summed E-state index contributed by atoms with van der Waals surface area (Å²) >= 11 is 0. The van der Waals surface area contributed by atoms with Crippen LogP contribution in [0.4, 0.5) is 0 Å². The van der Waals surface area contributed by atoms with E-state index in [2.05, 4.69) is 57.3 Å². The van der Waals surface area contributed by atoms with Gasteiger partial charge in [0.2, 0.25) is 0 Å². The highest BCUT2D eigenvalue weighted by atomic mass is 15.0. The lowest BCUT2D eigenvalue weighted by molar-refractivity contribution is 0.337. The standard InChI is InChI=1S/C16H26N2/c1-11-15(9-14(17)10-18-11)12-5-7-13(8-6-12)16(2,3)4/h5-8,11,14-15,18H,9-10,17H2,1-4H3. The van der Waals surface area contributed by atoms with Crippen molar-refractivity contribution in [3.63, 3.8) is 0 Å². The van der Waals surface area contributed by atoms with E-state index in [1.807, 2.05) is 0 Å². The summed E-state index contributed by atoms with van der Waals surface area (Å²) < 4.78 is 0. The molecule has 100 valence electrons. The Morgan fingerprint density at radius 2 is 1.78 bits per heavy atom. The van der Waals surface area contributed by atoms with Gasteiger partial charge in [0.1, 0.15) is 0 Å². The predicted molar refractivity (Wildman–Crippen MR) is 77.9 cm³/mol. The van der Waals surface area contributed by atoms with Gasteiger partial charge in [-0.25, -0.2) is 0 Å². The van der Waals surface area contributed by atoms with Gasteiger partial charge in [-0.05, 0) is 29.9 Å². The summed E-state index contributed by atoms with van der Waals surface area (Å²) in [5.41, 5.74) is 9.10. The molecule has 1 aliphatic rings. The molecule has 3 atom stereocenters. The first-order valence-electron chi connectivity index (χ1n) is 6.97. The summed E-state index contributed by atoms with van der Waals surface area (Å²) in [6.45, 7) is 9.96.